The second-order valence-electron chi connectivity index (χ2n) is 6.70. The number of morpholine rings is 1. The minimum Gasteiger partial charge on any atom is -0.379 e. The predicted octanol–water partition coefficient (Wildman–Crippen LogP) is 1.64. The van der Waals surface area contributed by atoms with Gasteiger partial charge in [-0.3, -0.25) is 9.69 Å². The number of aryl methyl sites for hydroxylation is 1. The number of halogens is 1. The highest BCUT2D eigenvalue weighted by Crippen LogP contribution is 2.08. The zero-order valence-electron chi connectivity index (χ0n) is 16.1. The first-order valence-corrected chi connectivity index (χ1v) is 9.53. The van der Waals surface area contributed by atoms with Crippen molar-refractivity contribution in [2.45, 2.75) is 13.3 Å². The topological polar surface area (TPSA) is 79.4 Å². The van der Waals surface area contributed by atoms with Gasteiger partial charge in [0, 0.05) is 38.4 Å². The molecule has 1 fully saturated rings. The number of hydrogen-bond donors (Lipinski definition) is 2. The lowest BCUT2D eigenvalue weighted by atomic mass is 10.1. The van der Waals surface area contributed by atoms with E-state index in [1.807, 2.05) is 6.92 Å². The molecule has 1 aliphatic heterocycles. The lowest BCUT2D eigenvalue weighted by Crippen LogP contribution is -2.39. The molecule has 0 spiro atoms. The number of nitrogens with one attached hydrogen (secondary N) is 2. The number of anilines is 1. The Hall–Kier alpha value is -2.58. The van der Waals surface area contributed by atoms with Crippen LogP contribution in [0.1, 0.15) is 21.7 Å². The highest BCUT2D eigenvalue weighted by atomic mass is 19.1. The molecule has 1 aliphatic rings. The average Bonchev–Trinajstić information content (AvgIpc) is 2.70. The second kappa shape index (κ2) is 10.1. The summed E-state index contributed by atoms with van der Waals surface area (Å²) >= 11 is 0. The second-order valence-corrected chi connectivity index (χ2v) is 6.70. The van der Waals surface area contributed by atoms with E-state index in [0.29, 0.717) is 42.4 Å². The van der Waals surface area contributed by atoms with E-state index in [9.17, 15) is 9.18 Å². The number of carbonyl (C=O) groups is 1. The number of rotatable bonds is 8. The van der Waals surface area contributed by atoms with E-state index in [0.717, 1.165) is 32.8 Å². The third kappa shape index (κ3) is 5.97. The first kappa shape index (κ1) is 20.2. The molecule has 2 heterocycles. The molecular weight excluding hydrogens is 361 g/mol. The number of nitrogens with zero attached hydrogens (tertiary/aromatic N) is 3. The SMILES string of the molecule is Cc1cc(C(=O)NCCc2ccccc2F)nc(NCCN2CCOCC2)n1. The maximum Gasteiger partial charge on any atom is 0.270 e. The van der Waals surface area contributed by atoms with Crippen LogP contribution in [-0.4, -0.2) is 66.7 Å². The molecule has 0 atom stereocenters. The summed E-state index contributed by atoms with van der Waals surface area (Å²) in [4.78, 5) is 23.4. The van der Waals surface area contributed by atoms with Crippen molar-refractivity contribution in [1.82, 2.24) is 20.2 Å². The highest BCUT2D eigenvalue weighted by Gasteiger charge is 2.12. The van der Waals surface area contributed by atoms with Crippen LogP contribution in [0.5, 0.6) is 0 Å². The fourth-order valence-electron chi connectivity index (χ4n) is 3.02. The van der Waals surface area contributed by atoms with Crippen LogP contribution in [0.2, 0.25) is 0 Å². The number of ether oxygens (including phenoxy) is 1. The number of amides is 1. The molecule has 2 aromatic rings. The zero-order chi connectivity index (χ0) is 19.8. The zero-order valence-corrected chi connectivity index (χ0v) is 16.1. The van der Waals surface area contributed by atoms with Crippen molar-refractivity contribution in [3.05, 3.63) is 53.1 Å². The van der Waals surface area contributed by atoms with Crippen molar-refractivity contribution in [3.63, 3.8) is 0 Å². The van der Waals surface area contributed by atoms with Gasteiger partial charge in [-0.15, -0.1) is 0 Å². The van der Waals surface area contributed by atoms with Crippen LogP contribution in [0.4, 0.5) is 10.3 Å². The molecule has 1 saturated heterocycles. The summed E-state index contributed by atoms with van der Waals surface area (Å²) in [6, 6.07) is 8.20. The third-order valence-corrected chi connectivity index (χ3v) is 4.54. The first-order chi connectivity index (χ1) is 13.6. The van der Waals surface area contributed by atoms with E-state index in [4.69, 9.17) is 4.74 Å². The van der Waals surface area contributed by atoms with Crippen LogP contribution < -0.4 is 10.6 Å². The lowest BCUT2D eigenvalue weighted by molar-refractivity contribution is 0.0398. The number of carbonyl (C=O) groups excluding carboxylic acids is 1. The van der Waals surface area contributed by atoms with Crippen LogP contribution in [0, 0.1) is 12.7 Å². The summed E-state index contributed by atoms with van der Waals surface area (Å²) in [6.45, 7) is 7.09. The quantitative estimate of drug-likeness (QED) is 0.717. The smallest absolute Gasteiger partial charge is 0.270 e. The van der Waals surface area contributed by atoms with Gasteiger partial charge in [0.2, 0.25) is 5.95 Å². The van der Waals surface area contributed by atoms with Gasteiger partial charge in [0.15, 0.2) is 0 Å². The maximum absolute atomic E-state index is 13.6. The van der Waals surface area contributed by atoms with Gasteiger partial charge in [0.25, 0.3) is 5.91 Å². The van der Waals surface area contributed by atoms with Gasteiger partial charge in [0.05, 0.1) is 13.2 Å². The van der Waals surface area contributed by atoms with Crippen molar-refractivity contribution in [3.8, 4) is 0 Å². The van der Waals surface area contributed by atoms with Crippen molar-refractivity contribution in [2.24, 2.45) is 0 Å². The summed E-state index contributed by atoms with van der Waals surface area (Å²) < 4.78 is 19.0. The molecule has 1 aromatic heterocycles. The van der Waals surface area contributed by atoms with Crippen molar-refractivity contribution in [1.29, 1.82) is 0 Å². The van der Waals surface area contributed by atoms with E-state index < -0.39 is 0 Å². The Morgan fingerprint density at radius 2 is 2.00 bits per heavy atom. The molecule has 7 nitrogen and oxygen atoms in total. The molecule has 2 N–H and O–H groups in total. The molecule has 0 radical (unpaired) electrons. The molecular formula is C20H26FN5O2. The number of hydrogen-bond acceptors (Lipinski definition) is 6. The van der Waals surface area contributed by atoms with Gasteiger partial charge >= 0.3 is 0 Å². The summed E-state index contributed by atoms with van der Waals surface area (Å²) in [6.07, 6.45) is 0.424. The maximum atomic E-state index is 13.6. The molecule has 0 aliphatic carbocycles. The average molecular weight is 387 g/mol. The highest BCUT2D eigenvalue weighted by molar-refractivity contribution is 5.92. The summed E-state index contributed by atoms with van der Waals surface area (Å²) in [5, 5.41) is 5.97. The van der Waals surface area contributed by atoms with Gasteiger partial charge in [-0.05, 0) is 31.0 Å². The Kier molecular flexibility index (Phi) is 7.27. The Morgan fingerprint density at radius 1 is 1.21 bits per heavy atom. The molecule has 0 bridgehead atoms. The van der Waals surface area contributed by atoms with Crippen molar-refractivity contribution < 1.29 is 13.9 Å². The minimum atomic E-state index is -0.293. The van der Waals surface area contributed by atoms with Crippen molar-refractivity contribution >= 4 is 11.9 Å². The van der Waals surface area contributed by atoms with Gasteiger partial charge in [0.1, 0.15) is 11.5 Å². The summed E-state index contributed by atoms with van der Waals surface area (Å²) in [5.41, 5.74) is 1.59. The van der Waals surface area contributed by atoms with Crippen LogP contribution >= 0.6 is 0 Å². The molecule has 1 aromatic carbocycles. The Balaban J connectivity index is 1.50. The number of aromatic nitrogens is 2. The fraction of sp³-hybridized carbons (Fsp3) is 0.450. The first-order valence-electron chi connectivity index (χ1n) is 9.53. The summed E-state index contributed by atoms with van der Waals surface area (Å²) in [5.74, 6) is -0.119. The van der Waals surface area contributed by atoms with Gasteiger partial charge in [-0.1, -0.05) is 18.2 Å². The molecule has 0 unspecified atom stereocenters. The fourth-order valence-corrected chi connectivity index (χ4v) is 3.02. The molecule has 28 heavy (non-hydrogen) atoms. The largest absolute Gasteiger partial charge is 0.379 e. The van der Waals surface area contributed by atoms with Gasteiger partial charge in [-0.2, -0.15) is 0 Å². The van der Waals surface area contributed by atoms with E-state index in [2.05, 4.69) is 25.5 Å². The molecule has 0 saturated carbocycles. The van der Waals surface area contributed by atoms with Gasteiger partial charge < -0.3 is 15.4 Å². The van der Waals surface area contributed by atoms with Crippen LogP contribution in [0.25, 0.3) is 0 Å². The molecule has 150 valence electrons. The molecule has 1 amide bonds. The van der Waals surface area contributed by atoms with E-state index >= 15 is 0 Å². The Morgan fingerprint density at radius 3 is 2.79 bits per heavy atom. The van der Waals surface area contributed by atoms with E-state index in [1.165, 1.54) is 6.07 Å². The standard InChI is InChI=1S/C20H26FN5O2/c1-15-14-18(19(27)22-7-6-16-4-2-3-5-17(16)21)25-20(24-15)23-8-9-26-10-12-28-13-11-26/h2-5,14H,6-13H2,1H3,(H,22,27)(H,23,24,25). The summed E-state index contributed by atoms with van der Waals surface area (Å²) in [7, 11) is 0. The van der Waals surface area contributed by atoms with Gasteiger partial charge in [-0.25, -0.2) is 14.4 Å². The third-order valence-electron chi connectivity index (χ3n) is 4.54. The lowest BCUT2D eigenvalue weighted by Gasteiger charge is -2.26. The Bertz CT molecular complexity index is 796. The van der Waals surface area contributed by atoms with Crippen LogP contribution in [-0.2, 0) is 11.2 Å². The normalized spacial score (nSPS) is 14.6. The van der Waals surface area contributed by atoms with Crippen LogP contribution in [0.15, 0.2) is 30.3 Å². The minimum absolute atomic E-state index is 0.263. The molecule has 3 rings (SSSR count). The monoisotopic (exact) mass is 387 g/mol. The van der Waals surface area contributed by atoms with Crippen LogP contribution in [0.3, 0.4) is 0 Å². The van der Waals surface area contributed by atoms with E-state index in [-0.39, 0.29) is 11.7 Å². The Labute approximate surface area is 164 Å². The van der Waals surface area contributed by atoms with Crippen molar-refractivity contribution in [2.75, 3.05) is 51.3 Å². The van der Waals surface area contributed by atoms with E-state index in [1.54, 1.807) is 24.3 Å². The predicted molar refractivity (Wildman–Crippen MR) is 105 cm³/mol. The number of benzene rings is 1. The molecule has 8 heteroatoms.